The number of anilines is 1. The molecule has 1 heterocycles. The lowest BCUT2D eigenvalue weighted by Crippen LogP contribution is -2.09. The predicted molar refractivity (Wildman–Crippen MR) is 50.9 cm³/mol. The van der Waals surface area contributed by atoms with Gasteiger partial charge < -0.3 is 5.32 Å². The summed E-state index contributed by atoms with van der Waals surface area (Å²) in [6, 6.07) is 0. The number of hydrogen-bond acceptors (Lipinski definition) is 3. The Morgan fingerprint density at radius 3 is 2.85 bits per heavy atom. The fourth-order valence-corrected chi connectivity index (χ4v) is 0.881. The average molecular weight is 218 g/mol. The third kappa shape index (κ3) is 2.40. The van der Waals surface area contributed by atoms with E-state index in [2.05, 4.69) is 21.9 Å². The molecule has 4 nitrogen and oxygen atoms in total. The smallest absolute Gasteiger partial charge is 0.248 e. The Labute approximate surface area is 84.6 Å². The molecule has 0 atom stereocenters. The van der Waals surface area contributed by atoms with Crippen LogP contribution in [-0.4, -0.2) is 15.9 Å². The van der Waals surface area contributed by atoms with Crippen molar-refractivity contribution in [3.63, 3.8) is 0 Å². The standard InChI is InChI=1S/C7H5Cl2N3O/c1-2-4(13)12-7-5(8)6(9)10-3-11-7/h2-3H,1H2,(H,10,11,12,13). The van der Waals surface area contributed by atoms with E-state index in [9.17, 15) is 4.79 Å². The van der Waals surface area contributed by atoms with Crippen LogP contribution in [0.1, 0.15) is 0 Å². The quantitative estimate of drug-likeness (QED) is 0.609. The Morgan fingerprint density at radius 2 is 2.23 bits per heavy atom. The minimum Gasteiger partial charge on any atom is -0.306 e. The van der Waals surface area contributed by atoms with Gasteiger partial charge in [-0.25, -0.2) is 9.97 Å². The summed E-state index contributed by atoms with van der Waals surface area (Å²) in [4.78, 5) is 18.2. The Hall–Kier alpha value is -1.13. The number of carbonyl (C=O) groups is 1. The summed E-state index contributed by atoms with van der Waals surface area (Å²) >= 11 is 11.3. The van der Waals surface area contributed by atoms with Gasteiger partial charge in [-0.15, -0.1) is 0 Å². The molecule has 0 unspecified atom stereocenters. The van der Waals surface area contributed by atoms with Gasteiger partial charge in [-0.1, -0.05) is 29.8 Å². The number of nitrogens with zero attached hydrogens (tertiary/aromatic N) is 2. The van der Waals surface area contributed by atoms with E-state index in [0.717, 1.165) is 6.08 Å². The highest BCUT2D eigenvalue weighted by Crippen LogP contribution is 2.24. The summed E-state index contributed by atoms with van der Waals surface area (Å²) < 4.78 is 0. The van der Waals surface area contributed by atoms with Gasteiger partial charge in [0.25, 0.3) is 0 Å². The van der Waals surface area contributed by atoms with E-state index in [0.29, 0.717) is 0 Å². The van der Waals surface area contributed by atoms with Gasteiger partial charge in [0.2, 0.25) is 5.91 Å². The van der Waals surface area contributed by atoms with Crippen LogP contribution in [0.25, 0.3) is 0 Å². The van der Waals surface area contributed by atoms with E-state index in [1.54, 1.807) is 0 Å². The molecule has 0 saturated carbocycles. The van der Waals surface area contributed by atoms with E-state index in [-0.39, 0.29) is 16.0 Å². The summed E-state index contributed by atoms with van der Waals surface area (Å²) in [5, 5.41) is 2.58. The van der Waals surface area contributed by atoms with Crippen molar-refractivity contribution in [2.24, 2.45) is 0 Å². The highest BCUT2D eigenvalue weighted by atomic mass is 35.5. The van der Waals surface area contributed by atoms with Gasteiger partial charge in [0.05, 0.1) is 0 Å². The number of rotatable bonds is 2. The topological polar surface area (TPSA) is 54.9 Å². The molecular weight excluding hydrogens is 213 g/mol. The lowest BCUT2D eigenvalue weighted by Gasteiger charge is -2.02. The van der Waals surface area contributed by atoms with E-state index >= 15 is 0 Å². The largest absolute Gasteiger partial charge is 0.306 e. The Morgan fingerprint density at radius 1 is 1.54 bits per heavy atom. The van der Waals surface area contributed by atoms with Gasteiger partial charge in [-0.2, -0.15) is 0 Å². The maximum atomic E-state index is 10.9. The molecule has 0 aromatic carbocycles. The van der Waals surface area contributed by atoms with Gasteiger partial charge in [0.15, 0.2) is 11.0 Å². The SMILES string of the molecule is C=CC(=O)Nc1ncnc(Cl)c1Cl. The summed E-state index contributed by atoms with van der Waals surface area (Å²) in [7, 11) is 0. The first-order chi connectivity index (χ1) is 6.15. The van der Waals surface area contributed by atoms with E-state index in [1.165, 1.54) is 6.33 Å². The van der Waals surface area contributed by atoms with Crippen molar-refractivity contribution in [3.05, 3.63) is 29.2 Å². The van der Waals surface area contributed by atoms with Crippen molar-refractivity contribution >= 4 is 34.9 Å². The van der Waals surface area contributed by atoms with Gasteiger partial charge in [-0.3, -0.25) is 4.79 Å². The number of aromatic nitrogens is 2. The second-order valence-electron chi connectivity index (χ2n) is 2.02. The number of hydrogen-bond donors (Lipinski definition) is 1. The predicted octanol–water partition coefficient (Wildman–Crippen LogP) is 1.91. The molecule has 0 bridgehead atoms. The summed E-state index contributed by atoms with van der Waals surface area (Å²) in [6.45, 7) is 3.28. The minimum atomic E-state index is -0.406. The fraction of sp³-hybridized carbons (Fsp3) is 0. The molecule has 68 valence electrons. The number of nitrogens with one attached hydrogen (secondary N) is 1. The molecule has 0 radical (unpaired) electrons. The molecule has 0 aliphatic carbocycles. The lowest BCUT2D eigenvalue weighted by atomic mass is 10.5. The first-order valence-corrected chi connectivity index (χ1v) is 4.00. The molecule has 0 fully saturated rings. The molecule has 0 saturated heterocycles. The number of halogens is 2. The first kappa shape index (κ1) is 9.95. The molecule has 1 aromatic rings. The van der Waals surface area contributed by atoms with Gasteiger partial charge >= 0.3 is 0 Å². The zero-order valence-electron chi connectivity index (χ0n) is 6.42. The summed E-state index contributed by atoms with van der Waals surface area (Å²) in [5.41, 5.74) is 0. The van der Waals surface area contributed by atoms with Crippen LogP contribution in [0.2, 0.25) is 10.2 Å². The van der Waals surface area contributed by atoms with Crippen LogP contribution in [0.4, 0.5) is 5.82 Å². The normalized spacial score (nSPS) is 9.38. The van der Waals surface area contributed by atoms with Crippen molar-refractivity contribution < 1.29 is 4.79 Å². The average Bonchev–Trinajstić information content (AvgIpc) is 2.13. The second-order valence-corrected chi connectivity index (χ2v) is 2.76. The van der Waals surface area contributed by atoms with Crippen molar-refractivity contribution in [1.82, 2.24) is 9.97 Å². The molecule has 1 amide bonds. The van der Waals surface area contributed by atoms with Crippen LogP contribution in [0.15, 0.2) is 19.0 Å². The van der Waals surface area contributed by atoms with Crippen molar-refractivity contribution in [2.45, 2.75) is 0 Å². The third-order valence-electron chi connectivity index (χ3n) is 1.17. The van der Waals surface area contributed by atoms with Crippen molar-refractivity contribution in [3.8, 4) is 0 Å². The highest BCUT2D eigenvalue weighted by molar-refractivity contribution is 6.43. The summed E-state index contributed by atoms with van der Waals surface area (Å²) in [6.07, 6.45) is 2.30. The monoisotopic (exact) mass is 217 g/mol. The van der Waals surface area contributed by atoms with Crippen molar-refractivity contribution in [1.29, 1.82) is 0 Å². The van der Waals surface area contributed by atoms with E-state index in [4.69, 9.17) is 23.2 Å². The maximum Gasteiger partial charge on any atom is 0.248 e. The van der Waals surface area contributed by atoms with Crippen LogP contribution in [0, 0.1) is 0 Å². The van der Waals surface area contributed by atoms with Gasteiger partial charge in [0, 0.05) is 0 Å². The Kier molecular flexibility index (Phi) is 3.22. The third-order valence-corrected chi connectivity index (χ3v) is 1.92. The molecule has 1 rings (SSSR count). The van der Waals surface area contributed by atoms with Crippen LogP contribution in [0.5, 0.6) is 0 Å². The van der Waals surface area contributed by atoms with Crippen molar-refractivity contribution in [2.75, 3.05) is 5.32 Å². The van der Waals surface area contributed by atoms with Crippen LogP contribution in [-0.2, 0) is 4.79 Å². The molecular formula is C7H5Cl2N3O. The Balaban J connectivity index is 2.95. The molecule has 6 heteroatoms. The minimum absolute atomic E-state index is 0.0935. The fourth-order valence-electron chi connectivity index (χ4n) is 0.603. The van der Waals surface area contributed by atoms with Crippen LogP contribution in [0.3, 0.4) is 0 Å². The molecule has 0 spiro atoms. The number of amides is 1. The van der Waals surface area contributed by atoms with E-state index < -0.39 is 5.91 Å². The highest BCUT2D eigenvalue weighted by Gasteiger charge is 2.07. The molecule has 13 heavy (non-hydrogen) atoms. The molecule has 1 aromatic heterocycles. The zero-order chi connectivity index (χ0) is 9.84. The van der Waals surface area contributed by atoms with E-state index in [1.807, 2.05) is 0 Å². The Bertz CT molecular complexity index is 354. The lowest BCUT2D eigenvalue weighted by molar-refractivity contribution is -0.111. The number of carbonyl (C=O) groups excluding carboxylic acids is 1. The summed E-state index contributed by atoms with van der Waals surface area (Å²) in [5.74, 6) is -0.233. The maximum absolute atomic E-state index is 10.9. The van der Waals surface area contributed by atoms with Crippen LogP contribution >= 0.6 is 23.2 Å². The second kappa shape index (κ2) is 4.20. The molecule has 0 aliphatic rings. The first-order valence-electron chi connectivity index (χ1n) is 3.24. The van der Waals surface area contributed by atoms with Gasteiger partial charge in [-0.05, 0) is 6.08 Å². The molecule has 1 N–H and O–H groups in total. The molecule has 0 aliphatic heterocycles. The van der Waals surface area contributed by atoms with Crippen LogP contribution < -0.4 is 5.32 Å². The zero-order valence-corrected chi connectivity index (χ0v) is 7.93. The van der Waals surface area contributed by atoms with Gasteiger partial charge in [0.1, 0.15) is 11.3 Å².